The molecule has 0 aromatic heterocycles. The molecule has 1 unspecified atom stereocenters. The number of carbonyl (C=O) groups excluding carboxylic acids is 1. The first kappa shape index (κ1) is 15.0. The van der Waals surface area contributed by atoms with Crippen LogP contribution in [0.2, 0.25) is 0 Å². The lowest BCUT2D eigenvalue weighted by Gasteiger charge is -2.31. The maximum Gasteiger partial charge on any atom is 0.224 e. The number of hydrogen-bond donors (Lipinski definition) is 1. The molecule has 1 aromatic rings. The van der Waals surface area contributed by atoms with Crippen LogP contribution in [0.4, 0.5) is 0 Å². The van der Waals surface area contributed by atoms with Gasteiger partial charge >= 0.3 is 0 Å². The van der Waals surface area contributed by atoms with E-state index in [2.05, 4.69) is 24.1 Å². The fraction of sp³-hybridized carbons (Fsp3) is 0.588. The molecular weight excluding hydrogens is 248 g/mol. The summed E-state index contributed by atoms with van der Waals surface area (Å²) in [6.45, 7) is 7.61. The largest absolute Gasteiger partial charge is 0.354 e. The third-order valence-electron chi connectivity index (χ3n) is 4.10. The predicted molar refractivity (Wildman–Crippen MR) is 82.6 cm³/mol. The van der Waals surface area contributed by atoms with E-state index in [1.54, 1.807) is 0 Å². The Morgan fingerprint density at radius 3 is 2.45 bits per heavy atom. The van der Waals surface area contributed by atoms with Crippen LogP contribution < -0.4 is 5.32 Å². The number of carbonyl (C=O) groups is 1. The molecule has 0 aliphatic carbocycles. The van der Waals surface area contributed by atoms with Crippen LogP contribution in [0.1, 0.15) is 32.3 Å². The van der Waals surface area contributed by atoms with Crippen LogP contribution in [-0.2, 0) is 11.2 Å². The summed E-state index contributed by atoms with van der Waals surface area (Å²) in [6.07, 6.45) is 3.06. The van der Waals surface area contributed by atoms with Crippen molar-refractivity contribution in [1.82, 2.24) is 10.2 Å². The van der Waals surface area contributed by atoms with Crippen molar-refractivity contribution in [3.63, 3.8) is 0 Å². The van der Waals surface area contributed by atoms with Gasteiger partial charge in [0.15, 0.2) is 0 Å². The van der Waals surface area contributed by atoms with E-state index in [1.165, 1.54) is 25.9 Å². The molecule has 1 aromatic carbocycles. The second kappa shape index (κ2) is 7.44. The van der Waals surface area contributed by atoms with Crippen molar-refractivity contribution in [3.8, 4) is 0 Å². The molecule has 2 rings (SSSR count). The van der Waals surface area contributed by atoms with Gasteiger partial charge in [-0.15, -0.1) is 0 Å². The molecular formula is C17H26N2O. The lowest BCUT2D eigenvalue weighted by Crippen LogP contribution is -2.45. The number of nitrogens with zero attached hydrogens (tertiary/aromatic N) is 1. The van der Waals surface area contributed by atoms with Crippen LogP contribution in [0.5, 0.6) is 0 Å². The van der Waals surface area contributed by atoms with Crippen LogP contribution in [0.3, 0.4) is 0 Å². The summed E-state index contributed by atoms with van der Waals surface area (Å²) in [4.78, 5) is 14.5. The number of rotatable bonds is 6. The van der Waals surface area contributed by atoms with E-state index in [4.69, 9.17) is 0 Å². The number of amides is 1. The Kier molecular flexibility index (Phi) is 5.60. The van der Waals surface area contributed by atoms with Crippen LogP contribution in [0, 0.1) is 5.92 Å². The SMILES string of the molecule is CC(C)C(CNC(=O)Cc1ccccc1)N1CCCC1. The minimum absolute atomic E-state index is 0.126. The monoisotopic (exact) mass is 274 g/mol. The summed E-state index contributed by atoms with van der Waals surface area (Å²) in [5.74, 6) is 0.700. The van der Waals surface area contributed by atoms with E-state index < -0.39 is 0 Å². The van der Waals surface area contributed by atoms with Gasteiger partial charge in [0.25, 0.3) is 0 Å². The van der Waals surface area contributed by atoms with Gasteiger partial charge in [0.05, 0.1) is 6.42 Å². The lowest BCUT2D eigenvalue weighted by molar-refractivity contribution is -0.120. The summed E-state index contributed by atoms with van der Waals surface area (Å²) in [7, 11) is 0. The fourth-order valence-electron chi connectivity index (χ4n) is 2.92. The molecule has 1 aliphatic rings. The van der Waals surface area contributed by atoms with Crippen molar-refractivity contribution >= 4 is 5.91 Å². The number of hydrogen-bond acceptors (Lipinski definition) is 2. The quantitative estimate of drug-likeness (QED) is 0.864. The molecule has 1 amide bonds. The first-order valence-corrected chi connectivity index (χ1v) is 7.71. The summed E-state index contributed by atoms with van der Waals surface area (Å²) < 4.78 is 0. The van der Waals surface area contributed by atoms with Crippen LogP contribution >= 0.6 is 0 Å². The molecule has 3 nitrogen and oxygen atoms in total. The molecule has 110 valence electrons. The summed E-state index contributed by atoms with van der Waals surface area (Å²) in [6, 6.07) is 10.4. The molecule has 0 radical (unpaired) electrons. The summed E-state index contributed by atoms with van der Waals surface area (Å²) in [5, 5.41) is 3.11. The number of likely N-dealkylation sites (tertiary alicyclic amines) is 1. The van der Waals surface area contributed by atoms with Crippen LogP contribution in [0.25, 0.3) is 0 Å². The first-order valence-electron chi connectivity index (χ1n) is 7.71. The van der Waals surface area contributed by atoms with Gasteiger partial charge in [-0.3, -0.25) is 9.69 Å². The Hall–Kier alpha value is -1.35. The molecule has 3 heteroatoms. The minimum atomic E-state index is 0.126. The zero-order valence-electron chi connectivity index (χ0n) is 12.6. The molecule has 0 spiro atoms. The smallest absolute Gasteiger partial charge is 0.224 e. The Morgan fingerprint density at radius 2 is 1.85 bits per heavy atom. The molecule has 0 bridgehead atoms. The van der Waals surface area contributed by atoms with Crippen molar-refractivity contribution in [2.45, 2.75) is 39.2 Å². The van der Waals surface area contributed by atoms with E-state index >= 15 is 0 Å². The van der Waals surface area contributed by atoms with Gasteiger partial charge in [0, 0.05) is 12.6 Å². The molecule has 1 fully saturated rings. The normalized spacial score (nSPS) is 17.4. The highest BCUT2D eigenvalue weighted by Gasteiger charge is 2.24. The van der Waals surface area contributed by atoms with Gasteiger partial charge in [-0.2, -0.15) is 0 Å². The highest BCUT2D eigenvalue weighted by atomic mass is 16.1. The van der Waals surface area contributed by atoms with Gasteiger partial charge < -0.3 is 5.32 Å². The molecule has 20 heavy (non-hydrogen) atoms. The summed E-state index contributed by atoms with van der Waals surface area (Å²) in [5.41, 5.74) is 1.08. The molecule has 0 saturated carbocycles. The molecule has 1 N–H and O–H groups in total. The molecule has 1 heterocycles. The summed E-state index contributed by atoms with van der Waals surface area (Å²) >= 11 is 0. The number of nitrogens with one attached hydrogen (secondary N) is 1. The third kappa shape index (κ3) is 4.34. The fourth-order valence-corrected chi connectivity index (χ4v) is 2.92. The predicted octanol–water partition coefficient (Wildman–Crippen LogP) is 2.47. The second-order valence-electron chi connectivity index (χ2n) is 6.02. The van der Waals surface area contributed by atoms with E-state index in [1.807, 2.05) is 30.3 Å². The van der Waals surface area contributed by atoms with Crippen molar-refractivity contribution in [2.75, 3.05) is 19.6 Å². The average Bonchev–Trinajstić information content (AvgIpc) is 2.93. The topological polar surface area (TPSA) is 32.3 Å². The molecule has 1 atom stereocenters. The van der Waals surface area contributed by atoms with Gasteiger partial charge in [-0.05, 0) is 37.4 Å². The highest BCUT2D eigenvalue weighted by Crippen LogP contribution is 2.17. The van der Waals surface area contributed by atoms with E-state index in [-0.39, 0.29) is 5.91 Å². The van der Waals surface area contributed by atoms with Crippen LogP contribution in [0.15, 0.2) is 30.3 Å². The van der Waals surface area contributed by atoms with Crippen molar-refractivity contribution in [2.24, 2.45) is 5.92 Å². The average molecular weight is 274 g/mol. The molecule has 1 saturated heterocycles. The Morgan fingerprint density at radius 1 is 1.20 bits per heavy atom. The maximum absolute atomic E-state index is 12.0. The highest BCUT2D eigenvalue weighted by molar-refractivity contribution is 5.78. The number of benzene rings is 1. The Labute approximate surface area is 122 Å². The van der Waals surface area contributed by atoms with E-state index in [0.29, 0.717) is 18.4 Å². The van der Waals surface area contributed by atoms with E-state index in [9.17, 15) is 4.79 Å². The Bertz CT molecular complexity index is 410. The van der Waals surface area contributed by atoms with Crippen molar-refractivity contribution in [1.29, 1.82) is 0 Å². The minimum Gasteiger partial charge on any atom is -0.354 e. The van der Waals surface area contributed by atoms with Gasteiger partial charge in [-0.1, -0.05) is 44.2 Å². The zero-order valence-corrected chi connectivity index (χ0v) is 12.6. The third-order valence-corrected chi connectivity index (χ3v) is 4.10. The van der Waals surface area contributed by atoms with Crippen LogP contribution in [-0.4, -0.2) is 36.5 Å². The zero-order chi connectivity index (χ0) is 14.4. The van der Waals surface area contributed by atoms with Gasteiger partial charge in [-0.25, -0.2) is 0 Å². The second-order valence-corrected chi connectivity index (χ2v) is 6.02. The van der Waals surface area contributed by atoms with Gasteiger partial charge in [0.1, 0.15) is 0 Å². The van der Waals surface area contributed by atoms with Crippen molar-refractivity contribution in [3.05, 3.63) is 35.9 Å². The van der Waals surface area contributed by atoms with Crippen molar-refractivity contribution < 1.29 is 4.79 Å². The maximum atomic E-state index is 12.0. The first-order chi connectivity index (χ1) is 9.66. The van der Waals surface area contributed by atoms with Gasteiger partial charge in [0.2, 0.25) is 5.91 Å². The molecule has 1 aliphatic heterocycles. The lowest BCUT2D eigenvalue weighted by atomic mass is 10.0. The standard InChI is InChI=1S/C17H26N2O/c1-14(2)16(19-10-6-7-11-19)13-18-17(20)12-15-8-4-3-5-9-15/h3-5,8-9,14,16H,6-7,10-13H2,1-2H3,(H,18,20). The van der Waals surface area contributed by atoms with E-state index in [0.717, 1.165) is 12.1 Å². The Balaban J connectivity index is 1.81.